The summed E-state index contributed by atoms with van der Waals surface area (Å²) in [6, 6.07) is 10.3. The van der Waals surface area contributed by atoms with Gasteiger partial charge in [-0.25, -0.2) is 4.79 Å². The first-order valence-corrected chi connectivity index (χ1v) is 7.51. The molecule has 0 saturated carbocycles. The summed E-state index contributed by atoms with van der Waals surface area (Å²) in [5.74, 6) is 0. The Morgan fingerprint density at radius 1 is 1.29 bits per heavy atom. The van der Waals surface area contributed by atoms with Crippen molar-refractivity contribution in [2.24, 2.45) is 0 Å². The van der Waals surface area contributed by atoms with E-state index in [1.165, 1.54) is 16.0 Å². The lowest BCUT2D eigenvalue weighted by Gasteiger charge is -2.27. The second-order valence-corrected chi connectivity index (χ2v) is 5.89. The smallest absolute Gasteiger partial charge is 0.407 e. The first kappa shape index (κ1) is 15.9. The van der Waals surface area contributed by atoms with E-state index in [9.17, 15) is 4.79 Å². The number of carbonyl (C=O) groups is 1. The van der Waals surface area contributed by atoms with E-state index in [0.29, 0.717) is 19.6 Å². The first-order chi connectivity index (χ1) is 10.1. The summed E-state index contributed by atoms with van der Waals surface area (Å²) < 4.78 is 0. The van der Waals surface area contributed by atoms with Crippen LogP contribution in [-0.4, -0.2) is 47.7 Å². The Bertz CT molecular complexity index is 506. The highest BCUT2D eigenvalue weighted by atomic mass is 35.5. The highest BCUT2D eigenvalue weighted by molar-refractivity contribution is 6.30. The summed E-state index contributed by atoms with van der Waals surface area (Å²) in [6.07, 6.45) is 0.639. The molecule has 0 spiro atoms. The van der Waals surface area contributed by atoms with Gasteiger partial charge in [0.25, 0.3) is 0 Å². The third-order valence-electron chi connectivity index (χ3n) is 3.73. The van der Waals surface area contributed by atoms with E-state index in [2.05, 4.69) is 17.0 Å². The molecule has 0 radical (unpaired) electrons. The normalized spacial score (nSPS) is 15.4. The number of halogens is 1. The number of rotatable bonds is 4. The van der Waals surface area contributed by atoms with Crippen LogP contribution in [-0.2, 0) is 6.54 Å². The number of hydrogen-bond acceptors (Lipinski definition) is 2. The summed E-state index contributed by atoms with van der Waals surface area (Å²) in [7, 11) is 2.04. The number of amides is 1. The Balaban J connectivity index is 1.87. The number of hydrogen-bond donors (Lipinski definition) is 1. The Morgan fingerprint density at radius 3 is 2.48 bits per heavy atom. The van der Waals surface area contributed by atoms with E-state index in [0.717, 1.165) is 24.4 Å². The van der Waals surface area contributed by atoms with Crippen molar-refractivity contribution < 1.29 is 9.90 Å². The lowest BCUT2D eigenvalue weighted by atomic mass is 10.0. The fraction of sp³-hybridized carbons (Fsp3) is 0.438. The van der Waals surface area contributed by atoms with Crippen LogP contribution < -0.4 is 0 Å². The van der Waals surface area contributed by atoms with Gasteiger partial charge in [0.05, 0.1) is 0 Å². The van der Waals surface area contributed by atoms with E-state index in [1.54, 1.807) is 0 Å². The average molecular weight is 309 g/mol. The predicted molar refractivity (Wildman–Crippen MR) is 84.5 cm³/mol. The van der Waals surface area contributed by atoms with Gasteiger partial charge in [-0.2, -0.15) is 0 Å². The van der Waals surface area contributed by atoms with Crippen molar-refractivity contribution in [2.75, 3.05) is 26.7 Å². The van der Waals surface area contributed by atoms with Gasteiger partial charge in [0.2, 0.25) is 0 Å². The van der Waals surface area contributed by atoms with E-state index in [1.807, 2.05) is 25.2 Å². The van der Waals surface area contributed by atoms with Gasteiger partial charge in [-0.3, -0.25) is 4.90 Å². The fourth-order valence-corrected chi connectivity index (χ4v) is 2.93. The second-order valence-electron chi connectivity index (χ2n) is 5.44. The van der Waals surface area contributed by atoms with E-state index in [4.69, 9.17) is 16.7 Å². The minimum atomic E-state index is -0.841. The summed E-state index contributed by atoms with van der Waals surface area (Å²) in [5.41, 5.74) is 2.45. The SMILES string of the molecule is CN(CC(Cl)=C1CCN(C(=O)O)CC1)Cc1ccccc1. The third kappa shape index (κ3) is 4.76. The summed E-state index contributed by atoms with van der Waals surface area (Å²) >= 11 is 6.42. The molecule has 2 rings (SSSR count). The van der Waals surface area contributed by atoms with Crippen LogP contribution in [0.2, 0.25) is 0 Å². The van der Waals surface area contributed by atoms with Crippen molar-refractivity contribution in [1.29, 1.82) is 0 Å². The van der Waals surface area contributed by atoms with Crippen molar-refractivity contribution in [3.63, 3.8) is 0 Å². The minimum Gasteiger partial charge on any atom is -0.465 e. The van der Waals surface area contributed by atoms with Crippen molar-refractivity contribution in [3.8, 4) is 0 Å². The molecule has 1 amide bonds. The fourth-order valence-electron chi connectivity index (χ4n) is 2.54. The molecular weight excluding hydrogens is 288 g/mol. The third-order valence-corrected chi connectivity index (χ3v) is 4.11. The number of nitrogens with zero attached hydrogens (tertiary/aromatic N) is 2. The monoisotopic (exact) mass is 308 g/mol. The zero-order valence-electron chi connectivity index (χ0n) is 12.3. The Hall–Kier alpha value is -1.52. The molecule has 1 fully saturated rings. The van der Waals surface area contributed by atoms with Crippen LogP contribution in [0, 0.1) is 0 Å². The van der Waals surface area contributed by atoms with Crippen LogP contribution in [0.15, 0.2) is 40.9 Å². The molecular formula is C16H21ClN2O2. The van der Waals surface area contributed by atoms with Crippen molar-refractivity contribution >= 4 is 17.7 Å². The zero-order valence-corrected chi connectivity index (χ0v) is 13.0. The largest absolute Gasteiger partial charge is 0.465 e. The molecule has 0 bridgehead atoms. The van der Waals surface area contributed by atoms with Crippen LogP contribution in [0.3, 0.4) is 0 Å². The maximum Gasteiger partial charge on any atom is 0.407 e. The van der Waals surface area contributed by atoms with Gasteiger partial charge >= 0.3 is 6.09 Å². The van der Waals surface area contributed by atoms with Gasteiger partial charge in [-0.1, -0.05) is 47.5 Å². The Morgan fingerprint density at radius 2 is 1.90 bits per heavy atom. The Kier molecular flexibility index (Phi) is 5.65. The standard InChI is InChI=1S/C16H21ClN2O2/c1-18(11-13-5-3-2-4-6-13)12-15(17)14-7-9-19(10-8-14)16(20)21/h2-6H,7-12H2,1H3,(H,20,21). The van der Waals surface area contributed by atoms with Crippen LogP contribution in [0.5, 0.6) is 0 Å². The predicted octanol–water partition coefficient (Wildman–Crippen LogP) is 3.39. The number of piperidine rings is 1. The van der Waals surface area contributed by atoms with E-state index in [-0.39, 0.29) is 0 Å². The second kappa shape index (κ2) is 7.48. The molecule has 5 heteroatoms. The van der Waals surface area contributed by atoms with Crippen LogP contribution in [0.1, 0.15) is 18.4 Å². The number of carboxylic acid groups (broad SMARTS) is 1. The number of likely N-dealkylation sites (N-methyl/N-ethyl adjacent to an activating group) is 1. The Labute approximate surface area is 130 Å². The zero-order chi connectivity index (χ0) is 15.2. The van der Waals surface area contributed by atoms with Gasteiger partial charge in [0.1, 0.15) is 0 Å². The molecule has 0 atom stereocenters. The number of benzene rings is 1. The van der Waals surface area contributed by atoms with Gasteiger partial charge in [-0.05, 0) is 25.5 Å². The maximum atomic E-state index is 10.9. The molecule has 0 unspecified atom stereocenters. The van der Waals surface area contributed by atoms with Gasteiger partial charge in [0, 0.05) is 31.2 Å². The molecule has 1 aromatic rings. The van der Waals surface area contributed by atoms with Crippen LogP contribution in [0.4, 0.5) is 4.79 Å². The minimum absolute atomic E-state index is 0.545. The molecule has 114 valence electrons. The number of likely N-dealkylation sites (tertiary alicyclic amines) is 1. The molecule has 4 nitrogen and oxygen atoms in total. The average Bonchev–Trinajstić information content (AvgIpc) is 2.48. The van der Waals surface area contributed by atoms with Gasteiger partial charge in [0.15, 0.2) is 0 Å². The molecule has 0 aliphatic carbocycles. The molecule has 21 heavy (non-hydrogen) atoms. The van der Waals surface area contributed by atoms with Crippen LogP contribution >= 0.6 is 11.6 Å². The molecule has 0 aromatic heterocycles. The van der Waals surface area contributed by atoms with E-state index >= 15 is 0 Å². The maximum absolute atomic E-state index is 10.9. The summed E-state index contributed by atoms with van der Waals surface area (Å²) in [5, 5.41) is 9.80. The molecule has 1 aliphatic heterocycles. The van der Waals surface area contributed by atoms with Crippen molar-refractivity contribution in [2.45, 2.75) is 19.4 Å². The quantitative estimate of drug-likeness (QED) is 0.927. The topological polar surface area (TPSA) is 43.8 Å². The van der Waals surface area contributed by atoms with Crippen molar-refractivity contribution in [3.05, 3.63) is 46.5 Å². The molecule has 1 heterocycles. The van der Waals surface area contributed by atoms with Gasteiger partial charge < -0.3 is 10.0 Å². The summed E-state index contributed by atoms with van der Waals surface area (Å²) in [4.78, 5) is 14.5. The summed E-state index contributed by atoms with van der Waals surface area (Å²) in [6.45, 7) is 2.65. The molecule has 1 saturated heterocycles. The first-order valence-electron chi connectivity index (χ1n) is 7.13. The molecule has 1 aliphatic rings. The van der Waals surface area contributed by atoms with E-state index < -0.39 is 6.09 Å². The van der Waals surface area contributed by atoms with Crippen LogP contribution in [0.25, 0.3) is 0 Å². The highest BCUT2D eigenvalue weighted by Crippen LogP contribution is 2.23. The lowest BCUT2D eigenvalue weighted by molar-refractivity contribution is 0.141. The lowest BCUT2D eigenvalue weighted by Crippen LogP contribution is -2.35. The highest BCUT2D eigenvalue weighted by Gasteiger charge is 2.20. The van der Waals surface area contributed by atoms with Gasteiger partial charge in [-0.15, -0.1) is 0 Å². The van der Waals surface area contributed by atoms with Crippen molar-refractivity contribution in [1.82, 2.24) is 9.80 Å². The molecule has 1 aromatic carbocycles. The molecule has 1 N–H and O–H groups in total.